The molecule has 226 valence electrons. The molecule has 0 bridgehead atoms. The number of benzene rings is 4. The maximum atomic E-state index is 12.6. The molecule has 1 saturated heterocycles. The minimum Gasteiger partial charge on any atom is -0.392 e. The van der Waals surface area contributed by atoms with E-state index in [0.717, 1.165) is 27.9 Å². The van der Waals surface area contributed by atoms with Crippen molar-refractivity contribution in [2.75, 3.05) is 5.75 Å². The molecule has 3 unspecified atom stereocenters. The Morgan fingerprint density at radius 1 is 0.841 bits per heavy atom. The minimum atomic E-state index is -3.62. The van der Waals surface area contributed by atoms with Gasteiger partial charge in [-0.15, -0.1) is 5.10 Å². The highest BCUT2D eigenvalue weighted by molar-refractivity contribution is 7.99. The van der Waals surface area contributed by atoms with Crippen LogP contribution in [0.1, 0.15) is 41.1 Å². The van der Waals surface area contributed by atoms with Crippen LogP contribution >= 0.6 is 11.8 Å². The lowest BCUT2D eigenvalue weighted by molar-refractivity contribution is -0.245. The zero-order chi connectivity index (χ0) is 30.4. The third-order valence-electron chi connectivity index (χ3n) is 7.23. The average Bonchev–Trinajstić information content (AvgIpc) is 3.56. The summed E-state index contributed by atoms with van der Waals surface area (Å²) in [6.07, 6.45) is -0.444. The fraction of sp³-hybridized carbons (Fsp3) is 0.219. The van der Waals surface area contributed by atoms with Crippen molar-refractivity contribution < 1.29 is 23.0 Å². The second-order valence-corrected chi connectivity index (χ2v) is 13.0. The molecule has 0 spiro atoms. The number of aliphatic hydroxyl groups is 1. The fourth-order valence-corrected chi connectivity index (χ4v) is 6.79. The first kappa shape index (κ1) is 30.1. The van der Waals surface area contributed by atoms with Crippen LogP contribution in [0.25, 0.3) is 5.69 Å². The summed E-state index contributed by atoms with van der Waals surface area (Å²) in [6.45, 7) is 0.125. The van der Waals surface area contributed by atoms with Crippen molar-refractivity contribution in [2.24, 2.45) is 0 Å². The molecule has 0 amide bonds. The first-order valence-electron chi connectivity index (χ1n) is 14.1. The highest BCUT2D eigenvalue weighted by Crippen LogP contribution is 2.39. The van der Waals surface area contributed by atoms with Crippen LogP contribution in [0.4, 0.5) is 0 Å². The van der Waals surface area contributed by atoms with Gasteiger partial charge in [-0.1, -0.05) is 96.7 Å². The molecule has 4 aromatic carbocycles. The van der Waals surface area contributed by atoms with E-state index in [2.05, 4.69) is 20.2 Å². The lowest BCUT2D eigenvalue weighted by atomic mass is 10.0. The molecule has 0 saturated carbocycles. The largest absolute Gasteiger partial charge is 0.392 e. The zero-order valence-electron chi connectivity index (χ0n) is 23.6. The topological polar surface area (TPSA) is 128 Å². The molecule has 2 N–H and O–H groups in total. The predicted molar refractivity (Wildman–Crippen MR) is 165 cm³/mol. The molecular weight excluding hydrogens is 599 g/mol. The van der Waals surface area contributed by atoms with Gasteiger partial charge in [0.2, 0.25) is 15.2 Å². The molecule has 44 heavy (non-hydrogen) atoms. The van der Waals surface area contributed by atoms with Crippen LogP contribution in [0.5, 0.6) is 0 Å². The lowest BCUT2D eigenvalue weighted by Gasteiger charge is -2.36. The third kappa shape index (κ3) is 7.24. The second kappa shape index (κ2) is 13.8. The van der Waals surface area contributed by atoms with Crippen molar-refractivity contribution in [3.05, 3.63) is 131 Å². The molecule has 6 rings (SSSR count). The van der Waals surface area contributed by atoms with Gasteiger partial charge in [-0.05, 0) is 51.4 Å². The van der Waals surface area contributed by atoms with Gasteiger partial charge in [-0.25, -0.2) is 13.1 Å². The molecule has 1 aromatic heterocycles. The van der Waals surface area contributed by atoms with E-state index in [0.29, 0.717) is 17.3 Å². The number of nitrogens with one attached hydrogen (secondary N) is 1. The highest BCUT2D eigenvalue weighted by Gasteiger charge is 2.32. The summed E-state index contributed by atoms with van der Waals surface area (Å²) in [4.78, 5) is 0.223. The van der Waals surface area contributed by atoms with Crippen molar-refractivity contribution in [3.63, 3.8) is 0 Å². The maximum Gasteiger partial charge on any atom is 0.240 e. The Morgan fingerprint density at radius 2 is 1.50 bits per heavy atom. The number of sulfonamides is 1. The van der Waals surface area contributed by atoms with E-state index < -0.39 is 16.3 Å². The van der Waals surface area contributed by atoms with Gasteiger partial charge in [0, 0.05) is 24.3 Å². The van der Waals surface area contributed by atoms with Gasteiger partial charge in [0.1, 0.15) is 0 Å². The van der Waals surface area contributed by atoms with Crippen LogP contribution in [-0.4, -0.2) is 45.6 Å². The van der Waals surface area contributed by atoms with Crippen molar-refractivity contribution in [3.8, 4) is 5.69 Å². The van der Waals surface area contributed by atoms with Gasteiger partial charge in [0.05, 0.1) is 29.4 Å². The fourth-order valence-electron chi connectivity index (χ4n) is 4.84. The predicted octanol–water partition coefficient (Wildman–Crippen LogP) is 4.97. The summed E-state index contributed by atoms with van der Waals surface area (Å²) in [5, 5.41) is 22.4. The Bertz CT molecular complexity index is 1750. The van der Waals surface area contributed by atoms with Crippen LogP contribution < -0.4 is 4.72 Å². The van der Waals surface area contributed by atoms with Crippen molar-refractivity contribution in [2.45, 2.75) is 48.1 Å². The molecule has 1 aliphatic heterocycles. The van der Waals surface area contributed by atoms with Gasteiger partial charge in [-0.3, -0.25) is 0 Å². The number of aromatic nitrogens is 4. The second-order valence-electron chi connectivity index (χ2n) is 10.2. The molecule has 0 aliphatic carbocycles. The first-order chi connectivity index (χ1) is 21.5. The normalized spacial score (nSPS) is 18.7. The standard InChI is InChI=1S/C32H31N5O5S2/c38-21-24-13-15-25(16-14-24)30-19-28(22-43-32-34-35-36-37(32)27-7-3-1-4-8-27)41-31(42-30)26-17-11-23(12-18-26)20-33-44(39,40)29-9-5-2-6-10-29/h1-18,28,30-31,33,38H,19-22H2. The maximum absolute atomic E-state index is 12.6. The molecule has 1 fully saturated rings. The number of hydrogen-bond acceptors (Lipinski definition) is 9. The summed E-state index contributed by atoms with van der Waals surface area (Å²) in [6, 6.07) is 33.3. The Morgan fingerprint density at radius 3 is 2.20 bits per heavy atom. The van der Waals surface area contributed by atoms with E-state index >= 15 is 0 Å². The number of aliphatic hydroxyl groups excluding tert-OH is 1. The van der Waals surface area contributed by atoms with E-state index in [4.69, 9.17) is 9.47 Å². The highest BCUT2D eigenvalue weighted by atomic mass is 32.2. The molecule has 5 aromatic rings. The molecule has 2 heterocycles. The monoisotopic (exact) mass is 629 g/mol. The Balaban J connectivity index is 1.17. The minimum absolute atomic E-state index is 0.0270. The third-order valence-corrected chi connectivity index (χ3v) is 9.70. The smallest absolute Gasteiger partial charge is 0.240 e. The average molecular weight is 630 g/mol. The zero-order valence-corrected chi connectivity index (χ0v) is 25.3. The molecule has 3 atom stereocenters. The van der Waals surface area contributed by atoms with Gasteiger partial charge < -0.3 is 14.6 Å². The Labute approximate surface area is 260 Å². The number of rotatable bonds is 11. The van der Waals surface area contributed by atoms with Crippen LogP contribution in [-0.2, 0) is 32.6 Å². The summed E-state index contributed by atoms with van der Waals surface area (Å²) in [7, 11) is -3.62. The van der Waals surface area contributed by atoms with Gasteiger partial charge in [0.15, 0.2) is 6.29 Å². The first-order valence-corrected chi connectivity index (χ1v) is 16.6. The number of para-hydroxylation sites is 1. The van der Waals surface area contributed by atoms with E-state index in [1.54, 1.807) is 35.0 Å². The van der Waals surface area contributed by atoms with Crippen LogP contribution in [0.2, 0.25) is 0 Å². The summed E-state index contributed by atoms with van der Waals surface area (Å²) in [5.41, 5.74) is 4.32. The number of thioether (sulfide) groups is 1. The van der Waals surface area contributed by atoms with Crippen LogP contribution in [0, 0.1) is 0 Å². The number of hydrogen-bond donors (Lipinski definition) is 2. The molecule has 12 heteroatoms. The van der Waals surface area contributed by atoms with Crippen molar-refractivity contribution >= 4 is 21.8 Å². The number of ether oxygens (including phenoxy) is 2. The van der Waals surface area contributed by atoms with Crippen molar-refractivity contribution in [1.29, 1.82) is 0 Å². The molecular formula is C32H31N5O5S2. The van der Waals surface area contributed by atoms with Gasteiger partial charge in [-0.2, -0.15) is 4.68 Å². The molecule has 1 aliphatic rings. The van der Waals surface area contributed by atoms with Crippen LogP contribution in [0.3, 0.4) is 0 Å². The molecule has 0 radical (unpaired) electrons. The van der Waals surface area contributed by atoms with Gasteiger partial charge in [0.25, 0.3) is 0 Å². The van der Waals surface area contributed by atoms with E-state index in [-0.39, 0.29) is 30.3 Å². The summed E-state index contributed by atoms with van der Waals surface area (Å²) in [5.74, 6) is 0.595. The summed E-state index contributed by atoms with van der Waals surface area (Å²) < 4.78 is 42.5. The quantitative estimate of drug-likeness (QED) is 0.195. The molecule has 10 nitrogen and oxygen atoms in total. The number of tetrazole rings is 1. The number of nitrogens with zero attached hydrogens (tertiary/aromatic N) is 4. The van der Waals surface area contributed by atoms with E-state index in [1.807, 2.05) is 78.9 Å². The Hall–Kier alpha value is -3.91. The van der Waals surface area contributed by atoms with E-state index in [9.17, 15) is 13.5 Å². The SMILES string of the molecule is O=S(=O)(NCc1ccc(C2OC(CSc3nnnn3-c3ccccc3)CC(c3ccc(CO)cc3)O2)cc1)c1ccccc1. The van der Waals surface area contributed by atoms with Crippen LogP contribution in [0.15, 0.2) is 119 Å². The van der Waals surface area contributed by atoms with Crippen molar-refractivity contribution in [1.82, 2.24) is 24.9 Å². The Kier molecular flexibility index (Phi) is 9.45. The lowest BCUT2D eigenvalue weighted by Crippen LogP contribution is -2.31. The van der Waals surface area contributed by atoms with Gasteiger partial charge >= 0.3 is 0 Å². The van der Waals surface area contributed by atoms with E-state index in [1.165, 1.54) is 11.8 Å². The summed E-state index contributed by atoms with van der Waals surface area (Å²) >= 11 is 1.51.